The number of fused-ring (bicyclic) bond motifs is 3. The molecule has 5 nitrogen and oxygen atoms in total. The van der Waals surface area contributed by atoms with Gasteiger partial charge < -0.3 is 19.3 Å². The van der Waals surface area contributed by atoms with E-state index >= 15 is 0 Å². The first-order chi connectivity index (χ1) is 11.1. The Balaban J connectivity index is 1.81. The van der Waals surface area contributed by atoms with Gasteiger partial charge in [0, 0.05) is 22.9 Å². The summed E-state index contributed by atoms with van der Waals surface area (Å²) in [6, 6.07) is 5.65. The maximum atomic E-state index is 12.4. The minimum Gasteiger partial charge on any atom is -0.493 e. The zero-order valence-electron chi connectivity index (χ0n) is 12.7. The number of hydrogen-bond acceptors (Lipinski definition) is 4. The van der Waals surface area contributed by atoms with Crippen LogP contribution in [-0.4, -0.2) is 36.7 Å². The first-order valence-corrected chi connectivity index (χ1v) is 8.79. The minimum atomic E-state index is -0.924. The molecule has 2 aliphatic heterocycles. The van der Waals surface area contributed by atoms with Crippen molar-refractivity contribution in [2.45, 2.75) is 36.9 Å². The third-order valence-electron chi connectivity index (χ3n) is 5.50. The van der Waals surface area contributed by atoms with Crippen LogP contribution in [0.1, 0.15) is 31.2 Å². The Bertz CT molecular complexity index is 640. The number of carbonyl (C=O) groups is 1. The summed E-state index contributed by atoms with van der Waals surface area (Å²) in [4.78, 5) is 12.4. The summed E-state index contributed by atoms with van der Waals surface area (Å²) in [7, 11) is 0. The molecule has 1 saturated heterocycles. The van der Waals surface area contributed by atoms with E-state index in [0.29, 0.717) is 51.3 Å². The zero-order valence-corrected chi connectivity index (χ0v) is 14.3. The van der Waals surface area contributed by atoms with Gasteiger partial charge in [-0.1, -0.05) is 22.0 Å². The molecular weight excluding hydrogens is 364 g/mol. The fraction of sp³-hybridized carbons (Fsp3) is 0.588. The lowest BCUT2D eigenvalue weighted by atomic mass is 9.60. The Hall–Kier alpha value is -1.11. The van der Waals surface area contributed by atoms with Crippen molar-refractivity contribution in [2.75, 3.05) is 19.8 Å². The summed E-state index contributed by atoms with van der Waals surface area (Å²) < 4.78 is 18.4. The van der Waals surface area contributed by atoms with Crippen LogP contribution in [0.25, 0.3) is 0 Å². The highest BCUT2D eigenvalue weighted by atomic mass is 79.9. The highest BCUT2D eigenvalue weighted by Gasteiger charge is 2.58. The summed E-state index contributed by atoms with van der Waals surface area (Å²) >= 11 is 3.44. The van der Waals surface area contributed by atoms with Gasteiger partial charge in [-0.05, 0) is 30.9 Å². The van der Waals surface area contributed by atoms with Crippen molar-refractivity contribution in [3.05, 3.63) is 28.2 Å². The standard InChI is InChI=1S/C17H19BrO5/c18-12-1-2-13-14(9-12)21-6-3-11-10-16(22-7-8-23-16)4-5-17(11,13)15(19)20/h1-2,9,11H,3-8,10H2,(H,19,20). The second-order valence-electron chi connectivity index (χ2n) is 6.56. The number of benzene rings is 1. The van der Waals surface area contributed by atoms with E-state index in [1.807, 2.05) is 18.2 Å². The molecule has 1 saturated carbocycles. The summed E-state index contributed by atoms with van der Waals surface area (Å²) in [6.45, 7) is 1.69. The van der Waals surface area contributed by atoms with Crippen molar-refractivity contribution in [2.24, 2.45) is 5.92 Å². The van der Waals surface area contributed by atoms with Crippen LogP contribution >= 0.6 is 15.9 Å². The average Bonchev–Trinajstić information content (AvgIpc) is 2.89. The molecule has 0 aromatic heterocycles. The lowest BCUT2D eigenvalue weighted by Gasteiger charge is -2.46. The van der Waals surface area contributed by atoms with Gasteiger partial charge in [0.25, 0.3) is 0 Å². The number of rotatable bonds is 1. The van der Waals surface area contributed by atoms with Crippen molar-refractivity contribution in [1.82, 2.24) is 0 Å². The molecule has 0 amide bonds. The highest BCUT2D eigenvalue weighted by Crippen LogP contribution is 2.54. The first-order valence-electron chi connectivity index (χ1n) is 8.00. The number of hydrogen-bond donors (Lipinski definition) is 1. The van der Waals surface area contributed by atoms with Crippen LogP contribution in [0.5, 0.6) is 5.75 Å². The van der Waals surface area contributed by atoms with E-state index < -0.39 is 17.2 Å². The van der Waals surface area contributed by atoms with Gasteiger partial charge in [-0.25, -0.2) is 0 Å². The quantitative estimate of drug-likeness (QED) is 0.808. The molecule has 3 aliphatic rings. The predicted molar refractivity (Wildman–Crippen MR) is 85.5 cm³/mol. The van der Waals surface area contributed by atoms with Gasteiger partial charge >= 0.3 is 5.97 Å². The number of halogens is 1. The minimum absolute atomic E-state index is 0.0609. The van der Waals surface area contributed by atoms with Crippen molar-refractivity contribution >= 4 is 21.9 Å². The van der Waals surface area contributed by atoms with E-state index in [2.05, 4.69) is 15.9 Å². The first kappa shape index (κ1) is 15.4. The molecule has 23 heavy (non-hydrogen) atoms. The predicted octanol–water partition coefficient (Wildman–Crippen LogP) is 3.10. The van der Waals surface area contributed by atoms with E-state index in [1.165, 1.54) is 0 Å². The number of carboxylic acids is 1. The topological polar surface area (TPSA) is 65.0 Å². The van der Waals surface area contributed by atoms with Gasteiger partial charge in [-0.2, -0.15) is 0 Å². The van der Waals surface area contributed by atoms with Gasteiger partial charge in [-0.15, -0.1) is 0 Å². The molecule has 1 aromatic rings. The highest BCUT2D eigenvalue weighted by molar-refractivity contribution is 9.10. The van der Waals surface area contributed by atoms with Gasteiger partial charge in [0.05, 0.1) is 25.2 Å². The number of ether oxygens (including phenoxy) is 3. The molecule has 2 unspecified atom stereocenters. The second-order valence-corrected chi connectivity index (χ2v) is 7.48. The van der Waals surface area contributed by atoms with Gasteiger partial charge in [0.1, 0.15) is 5.75 Å². The van der Waals surface area contributed by atoms with Crippen LogP contribution in [0.3, 0.4) is 0 Å². The molecule has 2 heterocycles. The van der Waals surface area contributed by atoms with Gasteiger partial charge in [0.15, 0.2) is 5.79 Å². The maximum absolute atomic E-state index is 12.4. The largest absolute Gasteiger partial charge is 0.493 e. The molecule has 2 atom stereocenters. The molecule has 0 bridgehead atoms. The average molecular weight is 383 g/mol. The summed E-state index contributed by atoms with van der Waals surface area (Å²) in [5, 5.41) is 10.1. The smallest absolute Gasteiger partial charge is 0.314 e. The van der Waals surface area contributed by atoms with Crippen molar-refractivity contribution in [3.63, 3.8) is 0 Å². The van der Waals surface area contributed by atoms with Crippen molar-refractivity contribution in [1.29, 1.82) is 0 Å². The maximum Gasteiger partial charge on any atom is 0.314 e. The number of aliphatic carboxylic acids is 1. The molecule has 0 radical (unpaired) electrons. The Labute approximate surface area is 143 Å². The molecule has 124 valence electrons. The van der Waals surface area contributed by atoms with Crippen LogP contribution in [0.15, 0.2) is 22.7 Å². The molecule has 1 aliphatic carbocycles. The van der Waals surface area contributed by atoms with Crippen molar-refractivity contribution in [3.8, 4) is 5.75 Å². The molecule has 1 spiro atoms. The Morgan fingerprint density at radius 3 is 2.74 bits per heavy atom. The molecule has 1 N–H and O–H groups in total. The van der Waals surface area contributed by atoms with E-state index in [0.717, 1.165) is 10.0 Å². The second kappa shape index (κ2) is 5.46. The lowest BCUT2D eigenvalue weighted by molar-refractivity contribution is -0.203. The Kier molecular flexibility index (Phi) is 3.66. The third-order valence-corrected chi connectivity index (χ3v) is 5.99. The normalized spacial score (nSPS) is 31.8. The Morgan fingerprint density at radius 1 is 1.22 bits per heavy atom. The van der Waals surface area contributed by atoms with Crippen LogP contribution in [0.2, 0.25) is 0 Å². The molecule has 6 heteroatoms. The fourth-order valence-electron chi connectivity index (χ4n) is 4.40. The van der Waals surface area contributed by atoms with Gasteiger partial charge in [0.2, 0.25) is 0 Å². The molecule has 4 rings (SSSR count). The molecule has 1 aromatic carbocycles. The third kappa shape index (κ3) is 2.30. The fourth-order valence-corrected chi connectivity index (χ4v) is 4.74. The van der Waals surface area contributed by atoms with Crippen LogP contribution in [-0.2, 0) is 19.7 Å². The molecular formula is C17H19BrO5. The SMILES string of the molecule is O=C(O)C12CCC3(CC1CCOc1cc(Br)ccc12)OCCO3. The van der Waals surface area contributed by atoms with Crippen molar-refractivity contribution < 1.29 is 24.1 Å². The summed E-state index contributed by atoms with van der Waals surface area (Å²) in [6.07, 6.45) is 2.40. The van der Waals surface area contributed by atoms with E-state index in [9.17, 15) is 9.90 Å². The van der Waals surface area contributed by atoms with Crippen LogP contribution in [0.4, 0.5) is 0 Å². The van der Waals surface area contributed by atoms with Crippen LogP contribution < -0.4 is 4.74 Å². The van der Waals surface area contributed by atoms with E-state index in [4.69, 9.17) is 14.2 Å². The van der Waals surface area contributed by atoms with E-state index in [1.54, 1.807) is 0 Å². The Morgan fingerprint density at radius 2 is 2.00 bits per heavy atom. The van der Waals surface area contributed by atoms with E-state index in [-0.39, 0.29) is 5.92 Å². The summed E-state index contributed by atoms with van der Waals surface area (Å²) in [5.41, 5.74) is -0.142. The summed E-state index contributed by atoms with van der Waals surface area (Å²) in [5.74, 6) is -0.754. The monoisotopic (exact) mass is 382 g/mol. The van der Waals surface area contributed by atoms with Crippen LogP contribution in [0, 0.1) is 5.92 Å². The van der Waals surface area contributed by atoms with Gasteiger partial charge in [-0.3, -0.25) is 4.79 Å². The molecule has 2 fully saturated rings. The number of carboxylic acid groups (broad SMARTS) is 1. The zero-order chi connectivity index (χ0) is 16.1. The lowest BCUT2D eigenvalue weighted by Crippen LogP contribution is -2.52.